The standard InChI is InChI=1S/C19H24N2O/c1-15(21-12-6-2-3-7-13-21)19(22)20-18-11-10-16-8-4-5-9-17(16)14-18/h4-5,8-11,14-15H,2-3,6-7,12-13H2,1H3,(H,20,22). The Morgan fingerprint density at radius 3 is 2.41 bits per heavy atom. The number of fused-ring (bicyclic) bond motifs is 1. The summed E-state index contributed by atoms with van der Waals surface area (Å²) in [6, 6.07) is 14.2. The summed E-state index contributed by atoms with van der Waals surface area (Å²) in [6.07, 6.45) is 4.98. The molecule has 0 aliphatic carbocycles. The van der Waals surface area contributed by atoms with E-state index in [1.54, 1.807) is 0 Å². The van der Waals surface area contributed by atoms with Crippen LogP contribution in [0.25, 0.3) is 10.8 Å². The minimum atomic E-state index is -0.0652. The van der Waals surface area contributed by atoms with E-state index in [4.69, 9.17) is 0 Å². The molecule has 1 aliphatic heterocycles. The van der Waals surface area contributed by atoms with Gasteiger partial charge in [-0.15, -0.1) is 0 Å². The van der Waals surface area contributed by atoms with Crippen LogP contribution in [0.4, 0.5) is 5.69 Å². The molecule has 22 heavy (non-hydrogen) atoms. The number of nitrogens with one attached hydrogen (secondary N) is 1. The number of benzene rings is 2. The second-order valence-corrected chi connectivity index (χ2v) is 6.18. The van der Waals surface area contributed by atoms with Crippen molar-refractivity contribution in [2.24, 2.45) is 0 Å². The Labute approximate surface area is 132 Å². The molecule has 1 amide bonds. The van der Waals surface area contributed by atoms with Crippen molar-refractivity contribution in [1.29, 1.82) is 0 Å². The van der Waals surface area contributed by atoms with Crippen LogP contribution in [0.2, 0.25) is 0 Å². The number of hydrogen-bond acceptors (Lipinski definition) is 2. The molecule has 1 fully saturated rings. The highest BCUT2D eigenvalue weighted by Crippen LogP contribution is 2.20. The lowest BCUT2D eigenvalue weighted by Crippen LogP contribution is -2.42. The molecule has 0 bridgehead atoms. The van der Waals surface area contributed by atoms with Crippen LogP contribution >= 0.6 is 0 Å². The van der Waals surface area contributed by atoms with Gasteiger partial charge in [0.25, 0.3) is 0 Å². The predicted molar refractivity (Wildman–Crippen MR) is 92.1 cm³/mol. The molecule has 1 N–H and O–H groups in total. The van der Waals surface area contributed by atoms with Gasteiger partial charge in [0.05, 0.1) is 6.04 Å². The Balaban J connectivity index is 1.68. The highest BCUT2D eigenvalue weighted by Gasteiger charge is 2.22. The second-order valence-electron chi connectivity index (χ2n) is 6.18. The largest absolute Gasteiger partial charge is 0.325 e. The van der Waals surface area contributed by atoms with Crippen LogP contribution in [0.3, 0.4) is 0 Å². The number of nitrogens with zero attached hydrogens (tertiary/aromatic N) is 1. The van der Waals surface area contributed by atoms with E-state index < -0.39 is 0 Å². The lowest BCUT2D eigenvalue weighted by atomic mass is 10.1. The number of hydrogen-bond donors (Lipinski definition) is 1. The van der Waals surface area contributed by atoms with Crippen molar-refractivity contribution in [2.45, 2.75) is 38.6 Å². The number of rotatable bonds is 3. The van der Waals surface area contributed by atoms with Crippen LogP contribution < -0.4 is 5.32 Å². The topological polar surface area (TPSA) is 32.3 Å². The maximum absolute atomic E-state index is 12.5. The van der Waals surface area contributed by atoms with Crippen molar-refractivity contribution < 1.29 is 4.79 Å². The van der Waals surface area contributed by atoms with Gasteiger partial charge in [-0.1, -0.05) is 43.2 Å². The average Bonchev–Trinajstić information content (AvgIpc) is 2.83. The molecule has 1 heterocycles. The van der Waals surface area contributed by atoms with E-state index in [9.17, 15) is 4.79 Å². The highest BCUT2D eigenvalue weighted by atomic mass is 16.2. The smallest absolute Gasteiger partial charge is 0.241 e. The average molecular weight is 296 g/mol. The summed E-state index contributed by atoms with van der Waals surface area (Å²) in [6.45, 7) is 4.08. The van der Waals surface area contributed by atoms with Crippen molar-refractivity contribution in [3.63, 3.8) is 0 Å². The minimum Gasteiger partial charge on any atom is -0.325 e. The summed E-state index contributed by atoms with van der Waals surface area (Å²) in [4.78, 5) is 14.8. The lowest BCUT2D eigenvalue weighted by molar-refractivity contribution is -0.120. The molecule has 3 nitrogen and oxygen atoms in total. The fourth-order valence-electron chi connectivity index (χ4n) is 3.16. The van der Waals surface area contributed by atoms with Gasteiger partial charge in [-0.05, 0) is 55.8 Å². The first-order valence-electron chi connectivity index (χ1n) is 8.28. The third kappa shape index (κ3) is 3.47. The predicted octanol–water partition coefficient (Wildman–Crippen LogP) is 4.04. The number of anilines is 1. The van der Waals surface area contributed by atoms with Crippen LogP contribution in [0, 0.1) is 0 Å². The maximum atomic E-state index is 12.5. The van der Waals surface area contributed by atoms with E-state index in [0.29, 0.717) is 0 Å². The molecule has 0 radical (unpaired) electrons. The zero-order valence-corrected chi connectivity index (χ0v) is 13.2. The highest BCUT2D eigenvalue weighted by molar-refractivity contribution is 5.97. The molecule has 1 unspecified atom stereocenters. The van der Waals surface area contributed by atoms with Crippen molar-refractivity contribution in [3.8, 4) is 0 Å². The van der Waals surface area contributed by atoms with Crippen molar-refractivity contribution in [3.05, 3.63) is 42.5 Å². The third-order valence-corrected chi connectivity index (χ3v) is 4.58. The number of carbonyl (C=O) groups is 1. The molecule has 0 spiro atoms. The van der Waals surface area contributed by atoms with E-state index in [1.165, 1.54) is 31.1 Å². The SMILES string of the molecule is CC(C(=O)Nc1ccc2ccccc2c1)N1CCCCCC1. The fraction of sp³-hybridized carbons (Fsp3) is 0.421. The van der Waals surface area contributed by atoms with Gasteiger partial charge in [0, 0.05) is 5.69 Å². The summed E-state index contributed by atoms with van der Waals surface area (Å²) in [5.41, 5.74) is 0.880. The first-order chi connectivity index (χ1) is 10.7. The molecule has 116 valence electrons. The Hall–Kier alpha value is -1.87. The fourth-order valence-corrected chi connectivity index (χ4v) is 3.16. The summed E-state index contributed by atoms with van der Waals surface area (Å²) in [7, 11) is 0. The van der Waals surface area contributed by atoms with Crippen molar-refractivity contribution in [1.82, 2.24) is 4.90 Å². The van der Waals surface area contributed by atoms with Crippen LogP contribution in [0.5, 0.6) is 0 Å². The molecule has 3 rings (SSSR count). The van der Waals surface area contributed by atoms with Crippen LogP contribution in [0.15, 0.2) is 42.5 Å². The summed E-state index contributed by atoms with van der Waals surface area (Å²) < 4.78 is 0. The molecule has 0 saturated carbocycles. The molecule has 2 aromatic rings. The van der Waals surface area contributed by atoms with Crippen molar-refractivity contribution in [2.75, 3.05) is 18.4 Å². The van der Waals surface area contributed by atoms with Crippen molar-refractivity contribution >= 4 is 22.4 Å². The molecule has 2 aromatic carbocycles. The minimum absolute atomic E-state index is 0.0652. The molecular weight excluding hydrogens is 272 g/mol. The Morgan fingerprint density at radius 1 is 1.00 bits per heavy atom. The van der Waals surface area contributed by atoms with Crippen LogP contribution in [0.1, 0.15) is 32.6 Å². The number of likely N-dealkylation sites (tertiary alicyclic amines) is 1. The summed E-state index contributed by atoms with van der Waals surface area (Å²) in [5.74, 6) is 0.0946. The molecule has 1 saturated heterocycles. The summed E-state index contributed by atoms with van der Waals surface area (Å²) in [5, 5.41) is 5.42. The zero-order chi connectivity index (χ0) is 15.4. The van der Waals surface area contributed by atoms with Gasteiger partial charge in [-0.3, -0.25) is 9.69 Å². The van der Waals surface area contributed by atoms with Gasteiger partial charge in [-0.2, -0.15) is 0 Å². The van der Waals surface area contributed by atoms with Crippen LogP contribution in [-0.2, 0) is 4.79 Å². The quantitative estimate of drug-likeness (QED) is 0.927. The van der Waals surface area contributed by atoms with Gasteiger partial charge in [0.15, 0.2) is 0 Å². The van der Waals surface area contributed by atoms with Gasteiger partial charge < -0.3 is 5.32 Å². The van der Waals surface area contributed by atoms with Gasteiger partial charge in [0.1, 0.15) is 0 Å². The first-order valence-corrected chi connectivity index (χ1v) is 8.28. The first kappa shape index (κ1) is 15.0. The van der Waals surface area contributed by atoms with E-state index in [1.807, 2.05) is 31.2 Å². The Bertz CT molecular complexity index is 645. The maximum Gasteiger partial charge on any atom is 0.241 e. The van der Waals surface area contributed by atoms with Gasteiger partial charge in [0.2, 0.25) is 5.91 Å². The zero-order valence-electron chi connectivity index (χ0n) is 13.2. The molecule has 0 aromatic heterocycles. The normalized spacial score (nSPS) is 17.9. The molecule has 1 aliphatic rings. The number of amides is 1. The number of carbonyl (C=O) groups excluding carboxylic acids is 1. The Morgan fingerprint density at radius 2 is 1.68 bits per heavy atom. The second kappa shape index (κ2) is 6.93. The monoisotopic (exact) mass is 296 g/mol. The van der Waals surface area contributed by atoms with E-state index in [2.05, 4.69) is 28.4 Å². The third-order valence-electron chi connectivity index (χ3n) is 4.58. The van der Waals surface area contributed by atoms with Gasteiger partial charge in [-0.25, -0.2) is 0 Å². The van der Waals surface area contributed by atoms with E-state index in [-0.39, 0.29) is 11.9 Å². The Kier molecular flexibility index (Phi) is 4.74. The van der Waals surface area contributed by atoms with E-state index >= 15 is 0 Å². The van der Waals surface area contributed by atoms with Crippen LogP contribution in [-0.4, -0.2) is 29.9 Å². The summed E-state index contributed by atoms with van der Waals surface area (Å²) >= 11 is 0. The lowest BCUT2D eigenvalue weighted by Gasteiger charge is -2.26. The molecular formula is C19H24N2O. The van der Waals surface area contributed by atoms with E-state index in [0.717, 1.165) is 24.2 Å². The molecule has 3 heteroatoms. The molecule has 1 atom stereocenters. The van der Waals surface area contributed by atoms with Gasteiger partial charge >= 0.3 is 0 Å².